The Bertz CT molecular complexity index is 1130. The van der Waals surface area contributed by atoms with Crippen LogP contribution in [0.15, 0.2) is 22.7 Å². The summed E-state index contributed by atoms with van der Waals surface area (Å²) in [4.78, 5) is 49.7. The molecule has 2 unspecified atom stereocenters. The van der Waals surface area contributed by atoms with E-state index < -0.39 is 59.1 Å². The molecule has 14 heteroatoms. The van der Waals surface area contributed by atoms with Gasteiger partial charge in [-0.25, -0.2) is 14.4 Å². The van der Waals surface area contributed by atoms with E-state index in [9.17, 15) is 32.3 Å². The van der Waals surface area contributed by atoms with E-state index in [0.717, 1.165) is 12.5 Å². The Morgan fingerprint density at radius 3 is 1.78 bits per heavy atom. The van der Waals surface area contributed by atoms with E-state index >= 15 is 0 Å². The van der Waals surface area contributed by atoms with Gasteiger partial charge in [0, 0.05) is 17.6 Å². The molecule has 0 aliphatic carbocycles. The largest absolute Gasteiger partial charge is 0.480 e. The van der Waals surface area contributed by atoms with Crippen molar-refractivity contribution in [3.8, 4) is 0 Å². The number of alkyl halides is 3. The van der Waals surface area contributed by atoms with E-state index in [1.165, 1.54) is 21.9 Å². The number of aliphatic carboxylic acids is 1. The lowest BCUT2D eigenvalue weighted by Gasteiger charge is -2.28. The maximum Gasteiger partial charge on any atom is 0.418 e. The summed E-state index contributed by atoms with van der Waals surface area (Å²) in [5.74, 6) is -1.63. The fourth-order valence-electron chi connectivity index (χ4n) is 4.22. The molecule has 0 bridgehead atoms. The van der Waals surface area contributed by atoms with Gasteiger partial charge in [-0.1, -0.05) is 15.9 Å². The van der Waals surface area contributed by atoms with Gasteiger partial charge < -0.3 is 19.9 Å². The average Bonchev–Trinajstić information content (AvgIpc) is 3.48. The number of hydrogen-bond donors (Lipinski definition) is 2. The molecule has 3 rings (SSSR count). The van der Waals surface area contributed by atoms with E-state index in [1.807, 2.05) is 0 Å². The number of rotatable bonds is 3. The second-order valence-electron chi connectivity index (χ2n) is 11.7. The van der Waals surface area contributed by atoms with Crippen LogP contribution in [0.1, 0.15) is 72.8 Å². The Balaban J connectivity index is 0.000000333. The number of nitrogens with one attached hydrogen (secondary N) is 1. The van der Waals surface area contributed by atoms with E-state index in [1.54, 1.807) is 41.5 Å². The minimum absolute atomic E-state index is 0.249. The second kappa shape index (κ2) is 13.3. The first kappa shape index (κ1) is 34.2. The number of carboxylic acids is 1. The minimum atomic E-state index is -4.62. The lowest BCUT2D eigenvalue weighted by Crippen LogP contribution is -2.45. The number of hydrogen-bond acceptors (Lipinski definition) is 6. The highest BCUT2D eigenvalue weighted by atomic mass is 79.9. The Morgan fingerprint density at radius 1 is 0.878 bits per heavy atom. The molecule has 230 valence electrons. The summed E-state index contributed by atoms with van der Waals surface area (Å²) in [6.45, 7) is 11.2. The summed E-state index contributed by atoms with van der Waals surface area (Å²) in [5.41, 5.74) is -2.61. The molecule has 2 fully saturated rings. The predicted octanol–water partition coefficient (Wildman–Crippen LogP) is 6.28. The molecule has 2 heterocycles. The van der Waals surface area contributed by atoms with E-state index in [0.29, 0.717) is 32.4 Å². The molecule has 2 aliphatic rings. The Labute approximate surface area is 245 Å². The number of nitrogens with zero attached hydrogens (tertiary/aromatic N) is 2. The fraction of sp³-hybridized carbons (Fsp3) is 0.630. The molecule has 41 heavy (non-hydrogen) atoms. The number of carbonyl (C=O) groups excluding carboxylic acids is 3. The monoisotopic (exact) mass is 651 g/mol. The van der Waals surface area contributed by atoms with Crippen LogP contribution in [0.4, 0.5) is 28.4 Å². The van der Waals surface area contributed by atoms with Crippen molar-refractivity contribution in [2.75, 3.05) is 18.4 Å². The zero-order valence-corrected chi connectivity index (χ0v) is 25.5. The van der Waals surface area contributed by atoms with Crippen molar-refractivity contribution in [2.24, 2.45) is 0 Å². The molecule has 0 spiro atoms. The standard InChI is InChI=1S/C17H20BrF3N2O3.C10H17NO4/c1-16(2,3)26-15(25)23-8-4-5-13(23)14(24)22-12-7-6-10(18)9-11(12)17(19,20)21;1-10(2,3)15-9(14)11-6-4-5-7(11)8(12)13/h6-7,9,13H,4-5,8H2,1-3H3,(H,22,24);7H,4-6H2,1-3H3,(H,12,13). The van der Waals surface area contributed by atoms with Crippen LogP contribution in [0.5, 0.6) is 0 Å². The summed E-state index contributed by atoms with van der Waals surface area (Å²) in [5, 5.41) is 11.2. The Morgan fingerprint density at radius 2 is 1.34 bits per heavy atom. The lowest BCUT2D eigenvalue weighted by atomic mass is 10.1. The van der Waals surface area contributed by atoms with Crippen LogP contribution in [0.3, 0.4) is 0 Å². The molecule has 1 aromatic carbocycles. The minimum Gasteiger partial charge on any atom is -0.480 e. The topological polar surface area (TPSA) is 125 Å². The number of halogens is 4. The molecule has 3 amide bonds. The van der Waals surface area contributed by atoms with Gasteiger partial charge in [-0.2, -0.15) is 13.2 Å². The maximum atomic E-state index is 13.2. The van der Waals surface area contributed by atoms with Gasteiger partial charge in [-0.3, -0.25) is 14.6 Å². The predicted molar refractivity (Wildman–Crippen MR) is 147 cm³/mol. The van der Waals surface area contributed by atoms with Crippen LogP contribution in [0.2, 0.25) is 0 Å². The normalized spacial score (nSPS) is 19.3. The van der Waals surface area contributed by atoms with Gasteiger partial charge in [0.1, 0.15) is 23.3 Å². The Hall–Kier alpha value is -3.03. The number of carbonyl (C=O) groups is 4. The summed E-state index contributed by atoms with van der Waals surface area (Å²) in [6.07, 6.45) is -3.64. The first-order valence-electron chi connectivity index (χ1n) is 13.1. The van der Waals surface area contributed by atoms with Gasteiger partial charge in [-0.05, 0) is 85.4 Å². The fourth-order valence-corrected chi connectivity index (χ4v) is 4.58. The highest BCUT2D eigenvalue weighted by Gasteiger charge is 2.39. The van der Waals surface area contributed by atoms with Crippen molar-refractivity contribution in [1.29, 1.82) is 0 Å². The molecule has 0 radical (unpaired) electrons. The number of carboxylic acid groups (broad SMARTS) is 1. The second-order valence-corrected chi connectivity index (χ2v) is 12.6. The molecule has 0 saturated carbocycles. The SMILES string of the molecule is CC(C)(C)OC(=O)N1CCCC1C(=O)Nc1ccc(Br)cc1C(F)(F)F.CC(C)(C)OC(=O)N1CCCC1C(=O)O. The van der Waals surface area contributed by atoms with Crippen molar-refractivity contribution in [3.63, 3.8) is 0 Å². The summed E-state index contributed by atoms with van der Waals surface area (Å²) in [6, 6.07) is 1.90. The van der Waals surface area contributed by atoms with E-state index in [2.05, 4.69) is 21.2 Å². The number of anilines is 1. The lowest BCUT2D eigenvalue weighted by molar-refractivity contribution is -0.142. The highest BCUT2D eigenvalue weighted by molar-refractivity contribution is 9.10. The van der Waals surface area contributed by atoms with Crippen LogP contribution < -0.4 is 5.32 Å². The van der Waals surface area contributed by atoms with Gasteiger partial charge in [0.25, 0.3) is 0 Å². The van der Waals surface area contributed by atoms with E-state index in [-0.39, 0.29) is 10.2 Å². The number of likely N-dealkylation sites (tertiary alicyclic amines) is 2. The van der Waals surface area contributed by atoms with Crippen molar-refractivity contribution in [1.82, 2.24) is 9.80 Å². The van der Waals surface area contributed by atoms with Crippen LogP contribution in [-0.4, -0.2) is 75.3 Å². The van der Waals surface area contributed by atoms with Gasteiger partial charge in [0.15, 0.2) is 0 Å². The maximum absolute atomic E-state index is 13.2. The first-order chi connectivity index (χ1) is 18.7. The zero-order chi connectivity index (χ0) is 31.3. The van der Waals surface area contributed by atoms with Gasteiger partial charge in [0.05, 0.1) is 11.3 Å². The molecule has 0 aromatic heterocycles. The molecule has 2 N–H and O–H groups in total. The van der Waals surface area contributed by atoms with Crippen molar-refractivity contribution in [2.45, 2.75) is 96.7 Å². The molecule has 1 aromatic rings. The average molecular weight is 653 g/mol. The number of benzene rings is 1. The molecule has 2 atom stereocenters. The molecular formula is C27H37BrF3N3O7. The van der Waals surface area contributed by atoms with E-state index in [4.69, 9.17) is 14.6 Å². The summed E-state index contributed by atoms with van der Waals surface area (Å²) in [7, 11) is 0. The van der Waals surface area contributed by atoms with Crippen molar-refractivity contribution < 1.29 is 46.9 Å². The van der Waals surface area contributed by atoms with Crippen molar-refractivity contribution in [3.05, 3.63) is 28.2 Å². The van der Waals surface area contributed by atoms with Gasteiger partial charge in [0.2, 0.25) is 5.91 Å². The smallest absolute Gasteiger partial charge is 0.418 e. The van der Waals surface area contributed by atoms with Crippen LogP contribution in [0, 0.1) is 0 Å². The zero-order valence-electron chi connectivity index (χ0n) is 23.9. The van der Waals surface area contributed by atoms with Crippen LogP contribution in [0.25, 0.3) is 0 Å². The summed E-state index contributed by atoms with van der Waals surface area (Å²) >= 11 is 3.00. The third-order valence-electron chi connectivity index (χ3n) is 5.89. The third-order valence-corrected chi connectivity index (χ3v) is 6.39. The number of ether oxygens (including phenoxy) is 2. The van der Waals surface area contributed by atoms with Crippen LogP contribution >= 0.6 is 15.9 Å². The third kappa shape index (κ3) is 10.4. The summed E-state index contributed by atoms with van der Waals surface area (Å²) < 4.78 is 50.2. The molecule has 2 aliphatic heterocycles. The van der Waals surface area contributed by atoms with Crippen LogP contribution in [-0.2, 0) is 25.2 Å². The van der Waals surface area contributed by atoms with Crippen molar-refractivity contribution >= 4 is 45.7 Å². The molecule has 10 nitrogen and oxygen atoms in total. The molecular weight excluding hydrogens is 615 g/mol. The Kier molecular flexibility index (Phi) is 11.1. The first-order valence-corrected chi connectivity index (χ1v) is 13.9. The quantitative estimate of drug-likeness (QED) is 0.394. The molecule has 2 saturated heterocycles. The highest BCUT2D eigenvalue weighted by Crippen LogP contribution is 2.37. The van der Waals surface area contributed by atoms with Gasteiger partial charge in [-0.15, -0.1) is 0 Å². The number of amides is 3. The van der Waals surface area contributed by atoms with Gasteiger partial charge >= 0.3 is 24.3 Å².